The number of rotatable bonds is 1. The maximum atomic E-state index is 10.3. The normalized spacial score (nSPS) is 36.2. The third-order valence-electron chi connectivity index (χ3n) is 4.68. The van der Waals surface area contributed by atoms with E-state index in [9.17, 15) is 5.11 Å². The van der Waals surface area contributed by atoms with Gasteiger partial charge in [0.25, 0.3) is 0 Å². The van der Waals surface area contributed by atoms with E-state index in [0.29, 0.717) is 11.5 Å². The monoisotopic (exact) mass is 239 g/mol. The summed E-state index contributed by atoms with van der Waals surface area (Å²) in [5.41, 5.74) is 0.423. The maximum Gasteiger partial charge on any atom is 0.0695 e. The van der Waals surface area contributed by atoms with Gasteiger partial charge in [0.2, 0.25) is 0 Å². The first-order valence-electron chi connectivity index (χ1n) is 7.51. The predicted octanol–water partition coefficient (Wildman–Crippen LogP) is 3.19. The van der Waals surface area contributed by atoms with Crippen molar-refractivity contribution in [1.82, 2.24) is 4.90 Å². The van der Waals surface area contributed by atoms with E-state index in [0.717, 1.165) is 6.42 Å². The van der Waals surface area contributed by atoms with Crippen molar-refractivity contribution in [3.8, 4) is 0 Å². The quantitative estimate of drug-likeness (QED) is 0.759. The van der Waals surface area contributed by atoms with E-state index in [1.165, 1.54) is 58.0 Å². The van der Waals surface area contributed by atoms with Gasteiger partial charge in [0.15, 0.2) is 0 Å². The van der Waals surface area contributed by atoms with Crippen LogP contribution in [0.1, 0.15) is 65.2 Å². The molecule has 2 heteroatoms. The summed E-state index contributed by atoms with van der Waals surface area (Å²) in [6.45, 7) is 7.13. The summed E-state index contributed by atoms with van der Waals surface area (Å²) in [6, 6.07) is 0.428. The lowest BCUT2D eigenvalue weighted by Gasteiger charge is -2.44. The Bertz CT molecular complexity index is 231. The highest BCUT2D eigenvalue weighted by molar-refractivity contribution is 4.91. The lowest BCUT2D eigenvalue weighted by Crippen LogP contribution is -2.50. The molecule has 2 unspecified atom stereocenters. The molecule has 1 heterocycles. The van der Waals surface area contributed by atoms with Crippen LogP contribution in [0.25, 0.3) is 0 Å². The lowest BCUT2D eigenvalue weighted by atomic mass is 9.73. The maximum absolute atomic E-state index is 10.3. The van der Waals surface area contributed by atoms with Crippen LogP contribution in [-0.2, 0) is 0 Å². The largest absolute Gasteiger partial charge is 0.391 e. The van der Waals surface area contributed by atoms with E-state index in [4.69, 9.17) is 0 Å². The third-order valence-corrected chi connectivity index (χ3v) is 4.68. The molecule has 0 radical (unpaired) electrons. The second-order valence-corrected chi connectivity index (χ2v) is 6.85. The summed E-state index contributed by atoms with van der Waals surface area (Å²) in [4.78, 5) is 2.59. The number of aliphatic hydroxyl groups excluding tert-OH is 1. The van der Waals surface area contributed by atoms with Crippen molar-refractivity contribution in [2.45, 2.75) is 77.4 Å². The zero-order valence-corrected chi connectivity index (χ0v) is 11.6. The van der Waals surface area contributed by atoms with Gasteiger partial charge in [-0.15, -0.1) is 0 Å². The van der Waals surface area contributed by atoms with Crippen LogP contribution in [0.5, 0.6) is 0 Å². The van der Waals surface area contributed by atoms with Crippen molar-refractivity contribution in [2.75, 3.05) is 13.1 Å². The molecular weight excluding hydrogens is 210 g/mol. The average Bonchev–Trinajstić information content (AvgIpc) is 2.22. The van der Waals surface area contributed by atoms with E-state index in [1.807, 2.05) is 0 Å². The van der Waals surface area contributed by atoms with Gasteiger partial charge in [-0.05, 0) is 50.6 Å². The van der Waals surface area contributed by atoms with E-state index >= 15 is 0 Å². The molecule has 2 fully saturated rings. The molecule has 2 nitrogen and oxygen atoms in total. The van der Waals surface area contributed by atoms with Crippen LogP contribution < -0.4 is 0 Å². The Kier molecular flexibility index (Phi) is 4.48. The average molecular weight is 239 g/mol. The zero-order valence-electron chi connectivity index (χ0n) is 11.6. The zero-order chi connectivity index (χ0) is 12.3. The molecular formula is C15H29NO. The van der Waals surface area contributed by atoms with Crippen LogP contribution in [0.4, 0.5) is 0 Å². The van der Waals surface area contributed by atoms with Crippen LogP contribution >= 0.6 is 0 Å². The predicted molar refractivity (Wildman–Crippen MR) is 72.1 cm³/mol. The molecule has 2 atom stereocenters. The van der Waals surface area contributed by atoms with Gasteiger partial charge in [0.1, 0.15) is 0 Å². The summed E-state index contributed by atoms with van der Waals surface area (Å²) in [7, 11) is 0. The summed E-state index contributed by atoms with van der Waals surface area (Å²) < 4.78 is 0. The van der Waals surface area contributed by atoms with Gasteiger partial charge in [0, 0.05) is 6.04 Å². The topological polar surface area (TPSA) is 23.5 Å². The molecule has 0 aromatic rings. The molecule has 1 aliphatic carbocycles. The molecule has 1 N–H and O–H groups in total. The van der Waals surface area contributed by atoms with Gasteiger partial charge in [0.05, 0.1) is 6.10 Å². The van der Waals surface area contributed by atoms with E-state index < -0.39 is 0 Å². The Balaban J connectivity index is 1.97. The van der Waals surface area contributed by atoms with Crippen molar-refractivity contribution >= 4 is 0 Å². The highest BCUT2D eigenvalue weighted by Crippen LogP contribution is 2.37. The molecule has 2 rings (SSSR count). The summed E-state index contributed by atoms with van der Waals surface area (Å²) in [5.74, 6) is 0. The summed E-state index contributed by atoms with van der Waals surface area (Å²) in [6.07, 6.45) is 10.1. The Morgan fingerprint density at radius 3 is 2.24 bits per heavy atom. The number of nitrogens with zero attached hydrogens (tertiary/aromatic N) is 1. The molecule has 0 bridgehead atoms. The van der Waals surface area contributed by atoms with Crippen molar-refractivity contribution in [3.63, 3.8) is 0 Å². The van der Waals surface area contributed by atoms with Crippen molar-refractivity contribution in [3.05, 3.63) is 0 Å². The van der Waals surface area contributed by atoms with Crippen LogP contribution in [-0.4, -0.2) is 35.2 Å². The minimum Gasteiger partial charge on any atom is -0.391 e. The SMILES string of the molecule is CC1(C)CCC(O)C(N2CCCCCCC2)C1. The van der Waals surface area contributed by atoms with E-state index in [1.54, 1.807) is 0 Å². The first-order chi connectivity index (χ1) is 8.08. The lowest BCUT2D eigenvalue weighted by molar-refractivity contribution is -0.0197. The van der Waals surface area contributed by atoms with Gasteiger partial charge < -0.3 is 5.11 Å². The van der Waals surface area contributed by atoms with Gasteiger partial charge >= 0.3 is 0 Å². The smallest absolute Gasteiger partial charge is 0.0695 e. The molecule has 0 amide bonds. The molecule has 1 saturated carbocycles. The third kappa shape index (κ3) is 3.69. The van der Waals surface area contributed by atoms with Crippen LogP contribution in [0.3, 0.4) is 0 Å². The number of hydrogen-bond acceptors (Lipinski definition) is 2. The van der Waals surface area contributed by atoms with Crippen molar-refractivity contribution in [1.29, 1.82) is 0 Å². The van der Waals surface area contributed by atoms with Gasteiger partial charge in [-0.1, -0.05) is 33.1 Å². The molecule has 17 heavy (non-hydrogen) atoms. The van der Waals surface area contributed by atoms with Crippen molar-refractivity contribution in [2.24, 2.45) is 5.41 Å². The fraction of sp³-hybridized carbons (Fsp3) is 1.00. The molecule has 1 saturated heterocycles. The number of likely N-dealkylation sites (tertiary alicyclic amines) is 1. The van der Waals surface area contributed by atoms with Gasteiger partial charge in [-0.25, -0.2) is 0 Å². The van der Waals surface area contributed by atoms with Crippen molar-refractivity contribution < 1.29 is 5.11 Å². The molecule has 100 valence electrons. The van der Waals surface area contributed by atoms with E-state index in [2.05, 4.69) is 18.7 Å². The van der Waals surface area contributed by atoms with Gasteiger partial charge in [-0.3, -0.25) is 4.90 Å². The first-order valence-corrected chi connectivity index (χ1v) is 7.51. The van der Waals surface area contributed by atoms with Crippen LogP contribution in [0, 0.1) is 5.41 Å². The van der Waals surface area contributed by atoms with Crippen LogP contribution in [0.15, 0.2) is 0 Å². The number of hydrogen-bond donors (Lipinski definition) is 1. The van der Waals surface area contributed by atoms with Gasteiger partial charge in [-0.2, -0.15) is 0 Å². The Morgan fingerprint density at radius 1 is 1.00 bits per heavy atom. The first kappa shape index (κ1) is 13.4. The second-order valence-electron chi connectivity index (χ2n) is 6.85. The minimum absolute atomic E-state index is 0.0811. The van der Waals surface area contributed by atoms with Crippen LogP contribution in [0.2, 0.25) is 0 Å². The summed E-state index contributed by atoms with van der Waals surface area (Å²) in [5, 5.41) is 10.3. The Hall–Kier alpha value is -0.0800. The fourth-order valence-electron chi connectivity index (χ4n) is 3.51. The molecule has 2 aliphatic rings. The second kappa shape index (κ2) is 5.71. The van der Waals surface area contributed by atoms with E-state index in [-0.39, 0.29) is 6.10 Å². The minimum atomic E-state index is -0.0811. The summed E-state index contributed by atoms with van der Waals surface area (Å²) >= 11 is 0. The molecule has 0 aromatic heterocycles. The Labute approximate surface area is 106 Å². The highest BCUT2D eigenvalue weighted by atomic mass is 16.3. The molecule has 0 aromatic carbocycles. The molecule has 0 spiro atoms. The standard InChI is InChI=1S/C15H29NO/c1-15(2)9-8-14(17)13(12-15)16-10-6-4-3-5-7-11-16/h13-14,17H,3-12H2,1-2H3. The Morgan fingerprint density at radius 2 is 1.59 bits per heavy atom. The molecule has 1 aliphatic heterocycles. The number of aliphatic hydroxyl groups is 1. The highest BCUT2D eigenvalue weighted by Gasteiger charge is 2.36. The fourth-order valence-corrected chi connectivity index (χ4v) is 3.51.